The summed E-state index contributed by atoms with van der Waals surface area (Å²) in [6.45, 7) is 10.9. The normalized spacial score (nSPS) is 26.3. The molecule has 7 heteroatoms. The van der Waals surface area contributed by atoms with E-state index in [0.29, 0.717) is 27.5 Å². The Balaban J connectivity index is 1.65. The summed E-state index contributed by atoms with van der Waals surface area (Å²) >= 11 is 7.56. The summed E-state index contributed by atoms with van der Waals surface area (Å²) in [5, 5.41) is 0.992. The summed E-state index contributed by atoms with van der Waals surface area (Å²) in [6, 6.07) is 2.15. The molecule has 2 aliphatic rings. The Morgan fingerprint density at radius 3 is 2.81 bits per heavy atom. The summed E-state index contributed by atoms with van der Waals surface area (Å²) in [5.74, 6) is 1.36. The molecular formula is C20H31ClN4OS. The Bertz CT molecular complexity index is 713. The second-order valence-corrected chi connectivity index (χ2v) is 10.6. The maximum atomic E-state index is 12.9. The van der Waals surface area contributed by atoms with Crippen LogP contribution >= 0.6 is 23.4 Å². The van der Waals surface area contributed by atoms with E-state index in [1.165, 1.54) is 18.2 Å². The fourth-order valence-electron chi connectivity index (χ4n) is 5.06. The Labute approximate surface area is 172 Å². The van der Waals surface area contributed by atoms with Crippen LogP contribution in [0.1, 0.15) is 53.4 Å². The molecule has 2 atom stereocenters. The molecule has 1 saturated heterocycles. The molecule has 1 aromatic rings. The average molecular weight is 411 g/mol. The maximum absolute atomic E-state index is 12.9. The van der Waals surface area contributed by atoms with Gasteiger partial charge in [-0.1, -0.05) is 51.1 Å². The molecule has 0 radical (unpaired) electrons. The smallest absolute Gasteiger partial charge is 0.233 e. The zero-order valence-electron chi connectivity index (χ0n) is 17.1. The van der Waals surface area contributed by atoms with Crippen LogP contribution in [0.25, 0.3) is 0 Å². The third kappa shape index (κ3) is 4.89. The van der Waals surface area contributed by atoms with Crippen molar-refractivity contribution in [3.05, 3.63) is 11.2 Å². The number of nitrogens with zero attached hydrogens (tertiary/aromatic N) is 4. The first-order valence-corrected chi connectivity index (χ1v) is 11.2. The molecule has 0 aromatic carbocycles. The number of amides is 1. The van der Waals surface area contributed by atoms with Crippen molar-refractivity contribution in [3.63, 3.8) is 0 Å². The largest absolute Gasteiger partial charge is 0.360 e. The Kier molecular flexibility index (Phi) is 5.97. The lowest BCUT2D eigenvalue weighted by Gasteiger charge is -2.39. The number of fused-ring (bicyclic) bond motifs is 2. The second-order valence-electron chi connectivity index (χ2n) is 9.28. The molecular weight excluding hydrogens is 380 g/mol. The van der Waals surface area contributed by atoms with E-state index < -0.39 is 0 Å². The van der Waals surface area contributed by atoms with Gasteiger partial charge in [-0.3, -0.25) is 4.79 Å². The zero-order chi connectivity index (χ0) is 19.8. The van der Waals surface area contributed by atoms with Gasteiger partial charge in [0.25, 0.3) is 0 Å². The molecule has 1 aliphatic heterocycles. The predicted octanol–water partition coefficient (Wildman–Crippen LogP) is 4.50. The van der Waals surface area contributed by atoms with Gasteiger partial charge in [0.2, 0.25) is 5.91 Å². The van der Waals surface area contributed by atoms with Gasteiger partial charge in [0.05, 0.1) is 5.75 Å². The predicted molar refractivity (Wildman–Crippen MR) is 113 cm³/mol. The highest BCUT2D eigenvalue weighted by atomic mass is 35.5. The standard InChI is InChI=1S/C20H31ClN4OS/c1-6-7-24(5)16-8-15(21)22-18(23-16)27-11-17(26)25-13-20(4)10-14(25)9-19(2,3)12-20/h8,14H,6-7,9-13H2,1-5H3. The van der Waals surface area contributed by atoms with Crippen molar-refractivity contribution in [2.75, 3.05) is 30.8 Å². The molecule has 2 fully saturated rings. The number of anilines is 1. The first-order valence-electron chi connectivity index (χ1n) is 9.79. The minimum Gasteiger partial charge on any atom is -0.360 e. The minimum atomic E-state index is 0.193. The van der Waals surface area contributed by atoms with Gasteiger partial charge in [0.1, 0.15) is 11.0 Å². The number of carbonyl (C=O) groups excluding carboxylic acids is 1. The molecule has 1 amide bonds. The summed E-state index contributed by atoms with van der Waals surface area (Å²) in [5.41, 5.74) is 0.573. The van der Waals surface area contributed by atoms with E-state index in [-0.39, 0.29) is 11.3 Å². The van der Waals surface area contributed by atoms with Gasteiger partial charge in [-0.05, 0) is 36.5 Å². The van der Waals surface area contributed by atoms with Crippen LogP contribution in [-0.4, -0.2) is 52.7 Å². The van der Waals surface area contributed by atoms with E-state index in [1.807, 2.05) is 7.05 Å². The van der Waals surface area contributed by atoms with Crippen LogP contribution in [-0.2, 0) is 4.79 Å². The van der Waals surface area contributed by atoms with E-state index in [9.17, 15) is 4.79 Å². The van der Waals surface area contributed by atoms with Gasteiger partial charge < -0.3 is 9.80 Å². The van der Waals surface area contributed by atoms with Gasteiger partial charge in [-0.2, -0.15) is 0 Å². The fourth-order valence-corrected chi connectivity index (χ4v) is 6.02. The minimum absolute atomic E-state index is 0.193. The topological polar surface area (TPSA) is 49.3 Å². The molecule has 2 bridgehead atoms. The zero-order valence-corrected chi connectivity index (χ0v) is 18.7. The Morgan fingerprint density at radius 2 is 2.11 bits per heavy atom. The number of thioether (sulfide) groups is 1. The first-order chi connectivity index (χ1) is 12.6. The third-order valence-corrected chi connectivity index (χ3v) is 6.70. The molecule has 2 heterocycles. The van der Waals surface area contributed by atoms with Crippen molar-refractivity contribution in [1.82, 2.24) is 14.9 Å². The molecule has 5 nitrogen and oxygen atoms in total. The lowest BCUT2D eigenvalue weighted by Crippen LogP contribution is -2.38. The highest BCUT2D eigenvalue weighted by Crippen LogP contribution is 2.52. The highest BCUT2D eigenvalue weighted by molar-refractivity contribution is 7.99. The van der Waals surface area contributed by atoms with Gasteiger partial charge in [-0.25, -0.2) is 9.97 Å². The van der Waals surface area contributed by atoms with Crippen molar-refractivity contribution in [2.24, 2.45) is 10.8 Å². The van der Waals surface area contributed by atoms with Crippen molar-refractivity contribution < 1.29 is 4.79 Å². The Hall–Kier alpha value is -1.01. The van der Waals surface area contributed by atoms with Crippen molar-refractivity contribution in [2.45, 2.75) is 64.6 Å². The van der Waals surface area contributed by atoms with E-state index >= 15 is 0 Å². The lowest BCUT2D eigenvalue weighted by atomic mass is 9.65. The van der Waals surface area contributed by atoms with E-state index in [4.69, 9.17) is 11.6 Å². The molecule has 3 rings (SSSR count). The third-order valence-electron chi connectivity index (χ3n) is 5.67. The van der Waals surface area contributed by atoms with Crippen molar-refractivity contribution in [3.8, 4) is 0 Å². The van der Waals surface area contributed by atoms with Gasteiger partial charge >= 0.3 is 0 Å². The average Bonchev–Trinajstić information content (AvgIpc) is 2.81. The first kappa shape index (κ1) is 20.7. The molecule has 0 spiro atoms. The van der Waals surface area contributed by atoms with Crippen LogP contribution in [0.15, 0.2) is 11.2 Å². The molecule has 27 heavy (non-hydrogen) atoms. The summed E-state index contributed by atoms with van der Waals surface area (Å²) in [6.07, 6.45) is 4.45. The number of hydrogen-bond acceptors (Lipinski definition) is 5. The van der Waals surface area contributed by atoms with Crippen LogP contribution in [0.4, 0.5) is 5.82 Å². The van der Waals surface area contributed by atoms with Gasteiger partial charge in [0.15, 0.2) is 5.16 Å². The number of carbonyl (C=O) groups is 1. The van der Waals surface area contributed by atoms with Crippen LogP contribution < -0.4 is 4.90 Å². The lowest BCUT2D eigenvalue weighted by molar-refractivity contribution is -0.129. The van der Waals surface area contributed by atoms with E-state index in [1.54, 1.807) is 6.07 Å². The summed E-state index contributed by atoms with van der Waals surface area (Å²) in [4.78, 5) is 26.0. The van der Waals surface area contributed by atoms with Crippen LogP contribution in [0.2, 0.25) is 5.15 Å². The Morgan fingerprint density at radius 1 is 1.37 bits per heavy atom. The van der Waals surface area contributed by atoms with Crippen LogP contribution in [0.3, 0.4) is 0 Å². The molecule has 0 N–H and O–H groups in total. The number of halogens is 1. The van der Waals surface area contributed by atoms with E-state index in [0.717, 1.165) is 38.2 Å². The maximum Gasteiger partial charge on any atom is 0.233 e. The molecule has 150 valence electrons. The number of aromatic nitrogens is 2. The SMILES string of the molecule is CCCN(C)c1cc(Cl)nc(SCC(=O)N2CC3(C)CC2CC(C)(C)C3)n1. The van der Waals surface area contributed by atoms with Gasteiger partial charge in [-0.15, -0.1) is 0 Å². The van der Waals surface area contributed by atoms with Crippen molar-refractivity contribution >= 4 is 35.1 Å². The summed E-state index contributed by atoms with van der Waals surface area (Å²) < 4.78 is 0. The molecule has 1 aliphatic carbocycles. The second kappa shape index (κ2) is 7.78. The van der Waals surface area contributed by atoms with Crippen LogP contribution in [0, 0.1) is 10.8 Å². The quantitative estimate of drug-likeness (QED) is 0.392. The number of hydrogen-bond donors (Lipinski definition) is 0. The van der Waals surface area contributed by atoms with Crippen molar-refractivity contribution in [1.29, 1.82) is 0 Å². The number of rotatable bonds is 6. The highest BCUT2D eigenvalue weighted by Gasteiger charge is 2.50. The number of likely N-dealkylation sites (tertiary alicyclic amines) is 1. The molecule has 2 unspecified atom stereocenters. The van der Waals surface area contributed by atoms with Crippen LogP contribution in [0.5, 0.6) is 0 Å². The molecule has 1 aromatic heterocycles. The van der Waals surface area contributed by atoms with Gasteiger partial charge in [0, 0.05) is 32.2 Å². The molecule has 1 saturated carbocycles. The van der Waals surface area contributed by atoms with E-state index in [2.05, 4.69) is 47.5 Å². The fraction of sp³-hybridized carbons (Fsp3) is 0.750. The monoisotopic (exact) mass is 410 g/mol. The summed E-state index contributed by atoms with van der Waals surface area (Å²) in [7, 11) is 1.99.